The van der Waals surface area contributed by atoms with Gasteiger partial charge in [0.2, 0.25) is 5.75 Å². The molecule has 37 heavy (non-hydrogen) atoms. The molecule has 0 radical (unpaired) electrons. The highest BCUT2D eigenvalue weighted by Crippen LogP contribution is 2.40. The lowest BCUT2D eigenvalue weighted by atomic mass is 10.1. The fourth-order valence-electron chi connectivity index (χ4n) is 3.19. The average molecular weight is 568 g/mol. The smallest absolute Gasteiger partial charge is 0.416 e. The van der Waals surface area contributed by atoms with Crippen LogP contribution in [0.3, 0.4) is 0 Å². The molecule has 0 atom stereocenters. The number of aliphatic imine (C=N–C) groups is 1. The normalized spacial score (nSPS) is 15.8. The van der Waals surface area contributed by atoms with Gasteiger partial charge in [-0.05, 0) is 72.3 Å². The molecule has 7 nitrogen and oxygen atoms in total. The number of carbonyl (C=O) groups is 1. The fourth-order valence-corrected chi connectivity index (χ4v) is 4.42. The van der Waals surface area contributed by atoms with E-state index in [1.54, 1.807) is 24.3 Å². The molecule has 1 fully saturated rings. The molecule has 4 rings (SSSR count). The highest BCUT2D eigenvalue weighted by Gasteiger charge is 2.33. The number of ether oxygens (including phenoxy) is 1. The number of amidine groups is 1. The molecule has 3 aromatic carbocycles. The van der Waals surface area contributed by atoms with Gasteiger partial charge in [-0.1, -0.05) is 35.3 Å². The molecule has 0 aliphatic carbocycles. The predicted octanol–water partition coefficient (Wildman–Crippen LogP) is 7.91. The van der Waals surface area contributed by atoms with E-state index in [9.17, 15) is 28.1 Å². The summed E-state index contributed by atoms with van der Waals surface area (Å²) in [5.74, 6) is -0.803. The Balaban J connectivity index is 1.56. The maximum absolute atomic E-state index is 12.9. The molecule has 3 aromatic rings. The predicted molar refractivity (Wildman–Crippen MR) is 137 cm³/mol. The summed E-state index contributed by atoms with van der Waals surface area (Å²) in [5.41, 5.74) is -0.159. The van der Waals surface area contributed by atoms with Crippen molar-refractivity contribution in [2.45, 2.75) is 13.1 Å². The first-order chi connectivity index (χ1) is 17.4. The highest BCUT2D eigenvalue weighted by molar-refractivity contribution is 8.18. The first-order valence-electron chi connectivity index (χ1n) is 10.3. The van der Waals surface area contributed by atoms with Crippen LogP contribution >= 0.6 is 35.0 Å². The summed E-state index contributed by atoms with van der Waals surface area (Å²) >= 11 is 13.5. The third-order valence-electron chi connectivity index (χ3n) is 5.07. The molecule has 0 bridgehead atoms. The summed E-state index contributed by atoms with van der Waals surface area (Å²) in [5, 5.41) is 14.9. The van der Waals surface area contributed by atoms with Crippen LogP contribution < -0.4 is 10.1 Å². The van der Waals surface area contributed by atoms with E-state index in [4.69, 9.17) is 27.9 Å². The number of halogens is 5. The van der Waals surface area contributed by atoms with Crippen LogP contribution in [0.15, 0.2) is 64.5 Å². The Bertz CT molecular complexity index is 1490. The first kappa shape index (κ1) is 26.5. The van der Waals surface area contributed by atoms with Crippen molar-refractivity contribution in [2.75, 3.05) is 0 Å². The zero-order chi connectivity index (χ0) is 26.9. The molecule has 1 saturated heterocycles. The van der Waals surface area contributed by atoms with Gasteiger partial charge in [-0.2, -0.15) is 13.2 Å². The van der Waals surface area contributed by atoms with Gasteiger partial charge >= 0.3 is 11.9 Å². The van der Waals surface area contributed by atoms with Gasteiger partial charge in [0, 0.05) is 11.1 Å². The molecule has 1 amide bonds. The van der Waals surface area contributed by atoms with Crippen molar-refractivity contribution in [3.63, 3.8) is 0 Å². The summed E-state index contributed by atoms with van der Waals surface area (Å²) in [7, 11) is 0. The Morgan fingerprint density at radius 2 is 1.81 bits per heavy atom. The Kier molecular flexibility index (Phi) is 7.49. The fraction of sp³-hybridized carbons (Fsp3) is 0.0833. The van der Waals surface area contributed by atoms with Gasteiger partial charge < -0.3 is 10.1 Å². The first-order valence-corrected chi connectivity index (χ1v) is 11.9. The number of nitrogens with one attached hydrogen (secondary N) is 1. The molecule has 0 saturated carbocycles. The van der Waals surface area contributed by atoms with E-state index in [2.05, 4.69) is 10.3 Å². The molecule has 13 heteroatoms. The van der Waals surface area contributed by atoms with Crippen LogP contribution in [0, 0.1) is 17.0 Å². The van der Waals surface area contributed by atoms with E-state index in [1.165, 1.54) is 18.2 Å². The third-order valence-corrected chi connectivity index (χ3v) is 6.68. The minimum Gasteiger partial charge on any atom is -0.449 e. The molecule has 0 unspecified atom stereocenters. The number of nitrogens with zero attached hydrogens (tertiary/aromatic N) is 2. The number of nitro groups is 1. The summed E-state index contributed by atoms with van der Waals surface area (Å²) in [6.45, 7) is 1.81. The maximum Gasteiger partial charge on any atom is 0.416 e. The van der Waals surface area contributed by atoms with Crippen LogP contribution in [-0.4, -0.2) is 16.0 Å². The monoisotopic (exact) mass is 567 g/mol. The number of rotatable bonds is 5. The molecule has 0 aromatic heterocycles. The van der Waals surface area contributed by atoms with Gasteiger partial charge in [-0.25, -0.2) is 4.99 Å². The number of benzene rings is 3. The standard InChI is InChI=1S/C24H14Cl2F3N3O4S/c1-12-15(25)3-2-4-17(12)30-23-31-22(33)21(37-23)10-13-5-7-19(16(26)9-13)36-20-8-6-14(24(27,28)29)11-18(20)32(34)35/h2-11H,1H3,(H,30,31,33)/b21-10-. The van der Waals surface area contributed by atoms with Crippen molar-refractivity contribution in [2.24, 2.45) is 4.99 Å². The molecule has 0 spiro atoms. The largest absolute Gasteiger partial charge is 0.449 e. The van der Waals surface area contributed by atoms with Crippen LogP contribution in [0.2, 0.25) is 10.0 Å². The van der Waals surface area contributed by atoms with Gasteiger partial charge in [0.15, 0.2) is 5.17 Å². The Hall–Kier alpha value is -3.54. The minimum absolute atomic E-state index is 0.0196. The van der Waals surface area contributed by atoms with Crippen LogP contribution in [0.4, 0.5) is 24.5 Å². The van der Waals surface area contributed by atoms with Crippen molar-refractivity contribution >= 4 is 63.5 Å². The lowest BCUT2D eigenvalue weighted by Gasteiger charge is -2.11. The second-order valence-electron chi connectivity index (χ2n) is 7.59. The summed E-state index contributed by atoms with van der Waals surface area (Å²) in [6, 6.07) is 11.5. The summed E-state index contributed by atoms with van der Waals surface area (Å²) in [6.07, 6.45) is -3.19. The number of hydrogen-bond acceptors (Lipinski definition) is 6. The SMILES string of the molecule is Cc1c(Cl)cccc1N=C1NC(=O)/C(=C/c2ccc(Oc3ccc(C(F)(F)F)cc3[N+](=O)[O-])c(Cl)c2)S1. The highest BCUT2D eigenvalue weighted by atomic mass is 35.5. The summed E-state index contributed by atoms with van der Waals surface area (Å²) in [4.78, 5) is 27.5. The second kappa shape index (κ2) is 10.4. The number of hydrogen-bond donors (Lipinski definition) is 1. The van der Waals surface area contributed by atoms with Crippen molar-refractivity contribution < 1.29 is 27.6 Å². The van der Waals surface area contributed by atoms with Crippen molar-refractivity contribution in [1.29, 1.82) is 0 Å². The van der Waals surface area contributed by atoms with E-state index in [0.29, 0.717) is 38.5 Å². The van der Waals surface area contributed by atoms with Gasteiger partial charge in [-0.3, -0.25) is 14.9 Å². The second-order valence-corrected chi connectivity index (χ2v) is 9.44. The van der Waals surface area contributed by atoms with Gasteiger partial charge in [0.1, 0.15) is 5.75 Å². The molecule has 1 aliphatic rings. The van der Waals surface area contributed by atoms with Gasteiger partial charge in [-0.15, -0.1) is 0 Å². The maximum atomic E-state index is 12.9. The van der Waals surface area contributed by atoms with E-state index >= 15 is 0 Å². The average Bonchev–Trinajstić information content (AvgIpc) is 3.16. The third kappa shape index (κ3) is 6.07. The topological polar surface area (TPSA) is 93.8 Å². The molecule has 1 heterocycles. The number of alkyl halides is 3. The lowest BCUT2D eigenvalue weighted by Crippen LogP contribution is -2.19. The van der Waals surface area contributed by atoms with Crippen LogP contribution in [0.25, 0.3) is 6.08 Å². The van der Waals surface area contributed by atoms with E-state index in [0.717, 1.165) is 23.4 Å². The Morgan fingerprint density at radius 1 is 1.08 bits per heavy atom. The number of thioether (sulfide) groups is 1. The molecule has 1 aliphatic heterocycles. The van der Waals surface area contributed by atoms with Gasteiger partial charge in [0.05, 0.1) is 26.1 Å². The zero-order valence-corrected chi connectivity index (χ0v) is 20.9. The zero-order valence-electron chi connectivity index (χ0n) is 18.6. The number of amides is 1. The quantitative estimate of drug-likeness (QED) is 0.192. The number of carbonyl (C=O) groups excluding carboxylic acids is 1. The number of nitro benzene ring substituents is 1. The molecule has 1 N–H and O–H groups in total. The summed E-state index contributed by atoms with van der Waals surface area (Å²) < 4.78 is 44.2. The van der Waals surface area contributed by atoms with Crippen molar-refractivity contribution in [3.05, 3.63) is 96.4 Å². The van der Waals surface area contributed by atoms with E-state index in [-0.39, 0.29) is 16.7 Å². The van der Waals surface area contributed by atoms with E-state index in [1.807, 2.05) is 6.92 Å². The Morgan fingerprint density at radius 3 is 2.49 bits per heavy atom. The van der Waals surface area contributed by atoms with Gasteiger partial charge in [0.25, 0.3) is 5.91 Å². The van der Waals surface area contributed by atoms with Crippen LogP contribution in [0.1, 0.15) is 16.7 Å². The lowest BCUT2D eigenvalue weighted by molar-refractivity contribution is -0.385. The molecular formula is C24H14Cl2F3N3O4S. The van der Waals surface area contributed by atoms with Crippen LogP contribution in [-0.2, 0) is 11.0 Å². The van der Waals surface area contributed by atoms with E-state index < -0.39 is 28.1 Å². The van der Waals surface area contributed by atoms with Crippen molar-refractivity contribution in [1.82, 2.24) is 5.32 Å². The Labute approximate surface area is 222 Å². The molecule has 190 valence electrons. The molecular weight excluding hydrogens is 554 g/mol. The minimum atomic E-state index is -4.75. The van der Waals surface area contributed by atoms with Crippen LogP contribution in [0.5, 0.6) is 11.5 Å². The van der Waals surface area contributed by atoms with Crippen molar-refractivity contribution in [3.8, 4) is 11.5 Å².